The summed E-state index contributed by atoms with van der Waals surface area (Å²) in [6.45, 7) is 0. The molecule has 1 aromatic carbocycles. The standard InChI is InChI=1S/C16H23FN2S/c17-14-3-5-16(6-4-14)20-10-15(19-18)9-13-8-11-1-2-12(13)7-11/h3-6,11-13,15,19H,1-2,7-10,18H2. The van der Waals surface area contributed by atoms with Crippen LogP contribution in [0.4, 0.5) is 4.39 Å². The van der Waals surface area contributed by atoms with Gasteiger partial charge in [-0.1, -0.05) is 6.42 Å². The average molecular weight is 294 g/mol. The van der Waals surface area contributed by atoms with Gasteiger partial charge >= 0.3 is 0 Å². The molecule has 2 nitrogen and oxygen atoms in total. The Kier molecular flexibility index (Phi) is 4.64. The van der Waals surface area contributed by atoms with Crippen LogP contribution in [0.2, 0.25) is 0 Å². The predicted molar refractivity (Wildman–Crippen MR) is 81.8 cm³/mol. The highest BCUT2D eigenvalue weighted by Crippen LogP contribution is 2.50. The summed E-state index contributed by atoms with van der Waals surface area (Å²) in [5, 5.41) is 0. The summed E-state index contributed by atoms with van der Waals surface area (Å²) in [6, 6.07) is 7.07. The molecule has 2 fully saturated rings. The molecule has 20 heavy (non-hydrogen) atoms. The molecule has 110 valence electrons. The van der Waals surface area contributed by atoms with E-state index in [0.29, 0.717) is 6.04 Å². The molecule has 1 aromatic rings. The van der Waals surface area contributed by atoms with Crippen LogP contribution in [-0.4, -0.2) is 11.8 Å². The van der Waals surface area contributed by atoms with Crippen molar-refractivity contribution in [1.29, 1.82) is 0 Å². The van der Waals surface area contributed by atoms with Crippen LogP contribution < -0.4 is 11.3 Å². The Morgan fingerprint density at radius 1 is 1.25 bits per heavy atom. The van der Waals surface area contributed by atoms with Crippen molar-refractivity contribution in [3.8, 4) is 0 Å². The van der Waals surface area contributed by atoms with Gasteiger partial charge in [0.1, 0.15) is 5.82 Å². The highest BCUT2D eigenvalue weighted by atomic mass is 32.2. The van der Waals surface area contributed by atoms with E-state index >= 15 is 0 Å². The fraction of sp³-hybridized carbons (Fsp3) is 0.625. The van der Waals surface area contributed by atoms with Crippen molar-refractivity contribution in [1.82, 2.24) is 5.43 Å². The molecule has 4 atom stereocenters. The van der Waals surface area contributed by atoms with Gasteiger partial charge in [0.05, 0.1) is 0 Å². The van der Waals surface area contributed by atoms with Crippen LogP contribution in [0.3, 0.4) is 0 Å². The minimum absolute atomic E-state index is 0.176. The van der Waals surface area contributed by atoms with Crippen molar-refractivity contribution in [2.24, 2.45) is 23.6 Å². The minimum Gasteiger partial charge on any atom is -0.271 e. The average Bonchev–Trinajstić information content (AvgIpc) is 3.07. The summed E-state index contributed by atoms with van der Waals surface area (Å²) in [6.07, 6.45) is 6.92. The molecule has 0 radical (unpaired) electrons. The van der Waals surface area contributed by atoms with E-state index < -0.39 is 0 Å². The van der Waals surface area contributed by atoms with Crippen molar-refractivity contribution < 1.29 is 4.39 Å². The van der Waals surface area contributed by atoms with E-state index in [9.17, 15) is 4.39 Å². The Morgan fingerprint density at radius 3 is 2.65 bits per heavy atom. The smallest absolute Gasteiger partial charge is 0.123 e. The van der Waals surface area contributed by atoms with E-state index in [2.05, 4.69) is 5.43 Å². The largest absolute Gasteiger partial charge is 0.271 e. The molecule has 4 heteroatoms. The molecule has 4 unspecified atom stereocenters. The molecule has 2 bridgehead atoms. The van der Waals surface area contributed by atoms with Gasteiger partial charge in [0.2, 0.25) is 0 Å². The number of hydrazine groups is 1. The lowest BCUT2D eigenvalue weighted by Gasteiger charge is -2.26. The van der Waals surface area contributed by atoms with Crippen LogP contribution in [0.25, 0.3) is 0 Å². The fourth-order valence-electron chi connectivity index (χ4n) is 3.94. The van der Waals surface area contributed by atoms with Crippen LogP contribution in [0.5, 0.6) is 0 Å². The summed E-state index contributed by atoms with van der Waals surface area (Å²) in [7, 11) is 0. The zero-order valence-electron chi connectivity index (χ0n) is 11.7. The van der Waals surface area contributed by atoms with Crippen molar-refractivity contribution in [3.05, 3.63) is 30.1 Å². The third-order valence-electron chi connectivity index (χ3n) is 4.97. The lowest BCUT2D eigenvalue weighted by molar-refractivity contribution is 0.287. The molecule has 0 aliphatic heterocycles. The van der Waals surface area contributed by atoms with Crippen LogP contribution in [0, 0.1) is 23.6 Å². The second-order valence-corrected chi connectivity index (χ2v) is 7.39. The summed E-state index contributed by atoms with van der Waals surface area (Å²) >= 11 is 1.76. The first kappa shape index (κ1) is 14.4. The van der Waals surface area contributed by atoms with Gasteiger partial charge in [-0.25, -0.2) is 4.39 Å². The van der Waals surface area contributed by atoms with Crippen molar-refractivity contribution >= 4 is 11.8 Å². The van der Waals surface area contributed by atoms with Crippen molar-refractivity contribution in [2.75, 3.05) is 5.75 Å². The first-order chi connectivity index (χ1) is 9.74. The summed E-state index contributed by atoms with van der Waals surface area (Å²) in [4.78, 5) is 1.11. The van der Waals surface area contributed by atoms with Gasteiger partial charge in [-0.2, -0.15) is 0 Å². The maximum absolute atomic E-state index is 12.9. The van der Waals surface area contributed by atoms with E-state index in [0.717, 1.165) is 28.4 Å². The van der Waals surface area contributed by atoms with Gasteiger partial charge in [-0.05, 0) is 67.7 Å². The van der Waals surface area contributed by atoms with Crippen molar-refractivity contribution in [2.45, 2.75) is 43.0 Å². The molecule has 0 heterocycles. The fourth-order valence-corrected chi connectivity index (χ4v) is 4.90. The van der Waals surface area contributed by atoms with Gasteiger partial charge in [0.25, 0.3) is 0 Å². The van der Waals surface area contributed by atoms with Gasteiger partial charge < -0.3 is 0 Å². The molecule has 2 saturated carbocycles. The number of hydrogen-bond acceptors (Lipinski definition) is 3. The number of nitrogens with two attached hydrogens (primary N) is 1. The second kappa shape index (κ2) is 6.46. The Morgan fingerprint density at radius 2 is 2.05 bits per heavy atom. The highest BCUT2D eigenvalue weighted by molar-refractivity contribution is 7.99. The van der Waals surface area contributed by atoms with Gasteiger partial charge in [0.15, 0.2) is 0 Å². The topological polar surface area (TPSA) is 38.0 Å². The lowest BCUT2D eigenvalue weighted by Crippen LogP contribution is -2.39. The van der Waals surface area contributed by atoms with E-state index in [1.165, 1.54) is 44.2 Å². The number of rotatable bonds is 6. The number of thioether (sulfide) groups is 1. The zero-order valence-corrected chi connectivity index (χ0v) is 12.5. The lowest BCUT2D eigenvalue weighted by atomic mass is 9.84. The first-order valence-electron chi connectivity index (χ1n) is 7.59. The highest BCUT2D eigenvalue weighted by Gasteiger charge is 2.39. The minimum atomic E-state index is -0.176. The first-order valence-corrected chi connectivity index (χ1v) is 8.57. The number of nitrogens with one attached hydrogen (secondary N) is 1. The molecule has 3 N–H and O–H groups in total. The zero-order chi connectivity index (χ0) is 13.9. The molecular weight excluding hydrogens is 271 g/mol. The SMILES string of the molecule is NNC(CSc1ccc(F)cc1)CC1CC2CCC1C2. The van der Waals surface area contributed by atoms with Crippen LogP contribution in [0.15, 0.2) is 29.2 Å². The van der Waals surface area contributed by atoms with Gasteiger partial charge in [0, 0.05) is 16.7 Å². The van der Waals surface area contributed by atoms with Gasteiger partial charge in [-0.15, -0.1) is 11.8 Å². The Hall–Kier alpha value is -0.580. The van der Waals surface area contributed by atoms with Gasteiger partial charge in [-0.3, -0.25) is 11.3 Å². The van der Waals surface area contributed by atoms with Crippen LogP contribution in [-0.2, 0) is 0 Å². The Bertz CT molecular complexity index is 437. The number of fused-ring (bicyclic) bond motifs is 2. The van der Waals surface area contributed by atoms with Crippen molar-refractivity contribution in [3.63, 3.8) is 0 Å². The second-order valence-electron chi connectivity index (χ2n) is 6.30. The van der Waals surface area contributed by atoms with E-state index in [4.69, 9.17) is 5.84 Å². The third-order valence-corrected chi connectivity index (χ3v) is 6.15. The predicted octanol–water partition coefficient (Wildman–Crippen LogP) is 3.58. The molecule has 0 aromatic heterocycles. The quantitative estimate of drug-likeness (QED) is 0.478. The Labute approximate surface area is 124 Å². The maximum Gasteiger partial charge on any atom is 0.123 e. The monoisotopic (exact) mass is 294 g/mol. The van der Waals surface area contributed by atoms with E-state index in [-0.39, 0.29) is 5.82 Å². The molecule has 0 amide bonds. The third kappa shape index (κ3) is 3.35. The van der Waals surface area contributed by atoms with E-state index in [1.54, 1.807) is 11.8 Å². The molecule has 2 aliphatic carbocycles. The van der Waals surface area contributed by atoms with Crippen LogP contribution in [0.1, 0.15) is 32.1 Å². The summed E-state index contributed by atoms with van der Waals surface area (Å²) in [5.41, 5.74) is 2.98. The molecule has 2 aliphatic rings. The number of hydrogen-bond donors (Lipinski definition) is 2. The Balaban J connectivity index is 1.48. The number of benzene rings is 1. The summed E-state index contributed by atoms with van der Waals surface area (Å²) < 4.78 is 12.9. The summed E-state index contributed by atoms with van der Waals surface area (Å²) in [5.74, 6) is 9.30. The molecular formula is C16H23FN2S. The normalized spacial score (nSPS) is 29.8. The molecule has 0 spiro atoms. The number of halogens is 1. The van der Waals surface area contributed by atoms with E-state index in [1.807, 2.05) is 12.1 Å². The molecule has 0 saturated heterocycles. The maximum atomic E-state index is 12.9. The van der Waals surface area contributed by atoms with Crippen LogP contribution >= 0.6 is 11.8 Å². The molecule has 3 rings (SSSR count).